The van der Waals surface area contributed by atoms with Gasteiger partial charge in [0.1, 0.15) is 5.52 Å². The average molecular weight is 781 g/mol. The third-order valence-corrected chi connectivity index (χ3v) is 12.9. The molecule has 12 rings (SSSR count). The van der Waals surface area contributed by atoms with E-state index < -0.39 is 0 Å². The predicted octanol–water partition coefficient (Wildman–Crippen LogP) is 16.1. The Bertz CT molecular complexity index is 3470. The van der Waals surface area contributed by atoms with Crippen LogP contribution in [0, 0.1) is 0 Å². The van der Waals surface area contributed by atoms with Crippen molar-refractivity contribution in [2.45, 2.75) is 19.3 Å². The van der Waals surface area contributed by atoms with E-state index in [0.717, 1.165) is 55.4 Å². The van der Waals surface area contributed by atoms with Crippen molar-refractivity contribution in [1.82, 2.24) is 4.98 Å². The van der Waals surface area contributed by atoms with Crippen LogP contribution in [0.2, 0.25) is 0 Å². The third-order valence-electron chi connectivity index (χ3n) is 12.9. The number of oxazole rings is 1. The predicted molar refractivity (Wildman–Crippen MR) is 255 cm³/mol. The van der Waals surface area contributed by atoms with Gasteiger partial charge in [0.15, 0.2) is 5.58 Å². The minimum Gasteiger partial charge on any atom is -0.435 e. The average Bonchev–Trinajstić information content (AvgIpc) is 3.86. The Balaban J connectivity index is 0.943. The first-order valence-electron chi connectivity index (χ1n) is 21.0. The molecule has 10 aromatic carbocycles. The number of para-hydroxylation sites is 1. The lowest BCUT2D eigenvalue weighted by Gasteiger charge is -2.28. The van der Waals surface area contributed by atoms with Gasteiger partial charge in [0.25, 0.3) is 0 Å². The summed E-state index contributed by atoms with van der Waals surface area (Å²) in [5.41, 5.74) is 16.0. The molecule has 0 unspecified atom stereocenters. The fourth-order valence-electron chi connectivity index (χ4n) is 9.74. The Kier molecular flexibility index (Phi) is 7.88. The highest BCUT2D eigenvalue weighted by Crippen LogP contribution is 2.51. The Hall–Kier alpha value is -7.75. The summed E-state index contributed by atoms with van der Waals surface area (Å²) in [6.45, 7) is 4.69. The van der Waals surface area contributed by atoms with Crippen LogP contribution in [0.25, 0.3) is 88.3 Å². The zero-order valence-electron chi connectivity index (χ0n) is 33.9. The van der Waals surface area contributed by atoms with Gasteiger partial charge in [-0.1, -0.05) is 166 Å². The van der Waals surface area contributed by atoms with Crippen molar-refractivity contribution in [3.8, 4) is 44.8 Å². The molecule has 0 amide bonds. The molecule has 0 bridgehead atoms. The van der Waals surface area contributed by atoms with Crippen LogP contribution in [0.3, 0.4) is 0 Å². The van der Waals surface area contributed by atoms with Gasteiger partial charge in [0.05, 0.1) is 0 Å². The quantitative estimate of drug-likeness (QED) is 0.157. The number of hydrogen-bond acceptors (Lipinski definition) is 3. The summed E-state index contributed by atoms with van der Waals surface area (Å²) in [6, 6.07) is 74.3. The number of benzene rings is 10. The van der Waals surface area contributed by atoms with Crippen LogP contribution in [0.4, 0.5) is 17.1 Å². The number of fused-ring (bicyclic) bond motifs is 10. The summed E-state index contributed by atoms with van der Waals surface area (Å²) in [6.07, 6.45) is 0. The van der Waals surface area contributed by atoms with Crippen LogP contribution in [-0.2, 0) is 5.41 Å². The van der Waals surface area contributed by atoms with Gasteiger partial charge in [0.2, 0.25) is 5.89 Å². The molecule has 0 spiro atoms. The normalized spacial score (nSPS) is 12.9. The Morgan fingerprint density at radius 2 is 0.951 bits per heavy atom. The van der Waals surface area contributed by atoms with Gasteiger partial charge in [-0.3, -0.25) is 0 Å². The van der Waals surface area contributed by atoms with Gasteiger partial charge in [-0.25, -0.2) is 4.98 Å². The number of aromatic nitrogens is 1. The van der Waals surface area contributed by atoms with Crippen LogP contribution < -0.4 is 4.90 Å². The van der Waals surface area contributed by atoms with E-state index in [0.29, 0.717) is 5.89 Å². The Labute approximate surface area is 354 Å². The summed E-state index contributed by atoms with van der Waals surface area (Å²) in [5.74, 6) is 0.618. The summed E-state index contributed by atoms with van der Waals surface area (Å²) >= 11 is 0. The summed E-state index contributed by atoms with van der Waals surface area (Å²) in [4.78, 5) is 7.43. The van der Waals surface area contributed by atoms with Crippen LogP contribution in [0.1, 0.15) is 25.0 Å². The SMILES string of the molecule is CC1(C)c2ccccc2-c2ccc(N(c3ccccc3)c3ccc4c(ccc5ccc6ccc7nc(-c8ccc(-c9ccc(-c%10ccccc%10)cc9)cc8)oc7c6c54)c3)cc21. The van der Waals surface area contributed by atoms with E-state index in [2.05, 4.69) is 219 Å². The smallest absolute Gasteiger partial charge is 0.227 e. The van der Waals surface area contributed by atoms with Gasteiger partial charge in [-0.2, -0.15) is 0 Å². The number of anilines is 3. The molecule has 0 fully saturated rings. The van der Waals surface area contributed by atoms with E-state index in [1.54, 1.807) is 0 Å². The molecular weight excluding hydrogens is 741 g/mol. The van der Waals surface area contributed by atoms with Gasteiger partial charge < -0.3 is 9.32 Å². The molecule has 1 aromatic heterocycles. The lowest BCUT2D eigenvalue weighted by molar-refractivity contribution is 0.623. The zero-order chi connectivity index (χ0) is 40.7. The van der Waals surface area contributed by atoms with Crippen molar-refractivity contribution in [3.63, 3.8) is 0 Å². The minimum atomic E-state index is -0.0983. The van der Waals surface area contributed by atoms with Crippen LogP contribution in [-0.4, -0.2) is 4.98 Å². The Morgan fingerprint density at radius 3 is 1.67 bits per heavy atom. The number of hydrogen-bond donors (Lipinski definition) is 0. The molecule has 1 aliphatic rings. The molecule has 0 radical (unpaired) electrons. The minimum absolute atomic E-state index is 0.0983. The second-order valence-electron chi connectivity index (χ2n) is 16.8. The molecule has 11 aromatic rings. The second kappa shape index (κ2) is 13.7. The topological polar surface area (TPSA) is 29.3 Å². The lowest BCUT2D eigenvalue weighted by atomic mass is 9.82. The largest absolute Gasteiger partial charge is 0.435 e. The van der Waals surface area contributed by atoms with E-state index in [1.807, 2.05) is 6.07 Å². The van der Waals surface area contributed by atoms with Crippen molar-refractivity contribution in [3.05, 3.63) is 217 Å². The lowest BCUT2D eigenvalue weighted by Crippen LogP contribution is -2.16. The molecule has 61 heavy (non-hydrogen) atoms. The first-order valence-corrected chi connectivity index (χ1v) is 21.0. The standard InChI is InChI=1S/C58H40N2O/c1-58(2)51-16-10-9-15-49(51)50-33-31-47(36-52(50)58)60(45-13-7-4-8-14-45)46-30-32-48-44(35-46)28-25-41-23-24-42-29-34-53-56(55(42)54(41)48)61-57(59-53)43-26-21-40(22-27-43)39-19-17-38(18-20-39)37-11-5-3-6-12-37/h3-36H,1-2H3. The zero-order valence-corrected chi connectivity index (χ0v) is 33.9. The summed E-state index contributed by atoms with van der Waals surface area (Å²) in [7, 11) is 0. The highest BCUT2D eigenvalue weighted by atomic mass is 16.3. The monoisotopic (exact) mass is 780 g/mol. The maximum absolute atomic E-state index is 6.77. The maximum Gasteiger partial charge on any atom is 0.227 e. The molecule has 0 saturated heterocycles. The molecule has 288 valence electrons. The molecule has 3 heteroatoms. The first-order chi connectivity index (χ1) is 30.0. The second-order valence-corrected chi connectivity index (χ2v) is 16.8. The summed E-state index contributed by atoms with van der Waals surface area (Å²) < 4.78 is 6.77. The van der Waals surface area contributed by atoms with Crippen LogP contribution in [0.5, 0.6) is 0 Å². The van der Waals surface area contributed by atoms with Crippen LogP contribution >= 0.6 is 0 Å². The first kappa shape index (κ1) is 35.2. The highest BCUT2D eigenvalue weighted by molar-refractivity contribution is 6.26. The number of rotatable bonds is 6. The van der Waals surface area contributed by atoms with Crippen LogP contribution in [0.15, 0.2) is 211 Å². The van der Waals surface area contributed by atoms with E-state index in [-0.39, 0.29) is 5.41 Å². The molecule has 0 saturated carbocycles. The molecular formula is C58H40N2O. The van der Waals surface area contributed by atoms with Crippen molar-refractivity contribution in [2.24, 2.45) is 0 Å². The highest BCUT2D eigenvalue weighted by Gasteiger charge is 2.35. The Morgan fingerprint density at radius 1 is 0.410 bits per heavy atom. The van der Waals surface area contributed by atoms with Gasteiger partial charge >= 0.3 is 0 Å². The third kappa shape index (κ3) is 5.69. The van der Waals surface area contributed by atoms with Crippen molar-refractivity contribution in [2.75, 3.05) is 4.90 Å². The van der Waals surface area contributed by atoms with Crippen molar-refractivity contribution in [1.29, 1.82) is 0 Å². The molecule has 1 heterocycles. The van der Waals surface area contributed by atoms with Crippen molar-refractivity contribution < 1.29 is 4.42 Å². The van der Waals surface area contributed by atoms with E-state index in [4.69, 9.17) is 9.40 Å². The molecule has 0 atom stereocenters. The maximum atomic E-state index is 6.77. The van der Waals surface area contributed by atoms with E-state index in [1.165, 1.54) is 55.1 Å². The fourth-order valence-corrected chi connectivity index (χ4v) is 9.74. The fraction of sp³-hybridized carbons (Fsp3) is 0.0517. The number of nitrogens with zero attached hydrogens (tertiary/aromatic N) is 2. The van der Waals surface area contributed by atoms with Gasteiger partial charge in [-0.15, -0.1) is 0 Å². The van der Waals surface area contributed by atoms with E-state index >= 15 is 0 Å². The summed E-state index contributed by atoms with van der Waals surface area (Å²) in [5, 5.41) is 6.90. The van der Waals surface area contributed by atoms with Gasteiger partial charge in [0, 0.05) is 38.8 Å². The van der Waals surface area contributed by atoms with Gasteiger partial charge in [-0.05, 0) is 121 Å². The van der Waals surface area contributed by atoms with Crippen molar-refractivity contribution >= 4 is 60.5 Å². The molecule has 3 nitrogen and oxygen atoms in total. The van der Waals surface area contributed by atoms with E-state index in [9.17, 15) is 0 Å². The molecule has 1 aliphatic carbocycles. The molecule has 0 N–H and O–H groups in total. The molecule has 0 aliphatic heterocycles.